The highest BCUT2D eigenvalue weighted by molar-refractivity contribution is 5.79. The number of fused-ring (bicyclic) bond motifs is 2. The molecular formula is C31H44FN5O4. The number of ether oxygens (including phenoxy) is 1. The molecule has 0 atom stereocenters. The minimum Gasteiger partial charge on any atom is -0.399 e. The van der Waals surface area contributed by atoms with E-state index in [0.29, 0.717) is 29.6 Å². The van der Waals surface area contributed by atoms with Gasteiger partial charge in [-0.2, -0.15) is 0 Å². The number of carbonyl (C=O) groups excluding carboxylic acids is 1. The van der Waals surface area contributed by atoms with Gasteiger partial charge in [-0.1, -0.05) is 24.9 Å². The molecule has 1 fully saturated rings. The molecule has 3 aromatic rings. The number of rotatable bonds is 10. The van der Waals surface area contributed by atoms with Gasteiger partial charge in [-0.3, -0.25) is 13.8 Å². The fourth-order valence-electron chi connectivity index (χ4n) is 6.21. The summed E-state index contributed by atoms with van der Waals surface area (Å²) in [4.78, 5) is 30.7. The van der Waals surface area contributed by atoms with Gasteiger partial charge in [0.1, 0.15) is 11.6 Å². The number of halogens is 1. The predicted molar refractivity (Wildman–Crippen MR) is 156 cm³/mol. The molecule has 1 saturated heterocycles. The molecule has 0 radical (unpaired) electrons. The zero-order valence-corrected chi connectivity index (χ0v) is 24.7. The molecule has 1 N–H and O–H groups in total. The van der Waals surface area contributed by atoms with Crippen LogP contribution in [0.5, 0.6) is 0 Å². The van der Waals surface area contributed by atoms with Crippen molar-refractivity contribution in [3.8, 4) is 0 Å². The second-order valence-electron chi connectivity index (χ2n) is 11.4. The molecule has 4 heterocycles. The Morgan fingerprint density at radius 1 is 1.24 bits per heavy atom. The number of aryl methyl sites for hydroxylation is 2. The van der Waals surface area contributed by atoms with Crippen LogP contribution in [0.1, 0.15) is 80.6 Å². The number of piperidine rings is 1. The molecule has 1 aromatic carbocycles. The van der Waals surface area contributed by atoms with Crippen molar-refractivity contribution < 1.29 is 22.9 Å². The lowest BCUT2D eigenvalue weighted by Gasteiger charge is -2.42. The van der Waals surface area contributed by atoms with Gasteiger partial charge in [-0.05, 0) is 38.3 Å². The average molecular weight is 570 g/mol. The summed E-state index contributed by atoms with van der Waals surface area (Å²) in [5.74, 6) is 0.714. The molecule has 10 heteroatoms. The number of hydrogen-bond acceptors (Lipinski definition) is 6. The first-order chi connectivity index (χ1) is 19.4. The van der Waals surface area contributed by atoms with E-state index in [1.54, 1.807) is 6.07 Å². The van der Waals surface area contributed by atoms with Gasteiger partial charge in [0.15, 0.2) is 5.58 Å². The van der Waals surface area contributed by atoms with E-state index in [0.717, 1.165) is 99.2 Å². The van der Waals surface area contributed by atoms with Crippen molar-refractivity contribution in [2.75, 3.05) is 32.9 Å². The second kappa shape index (κ2) is 13.6. The largest absolute Gasteiger partial charge is 0.411 e. The summed E-state index contributed by atoms with van der Waals surface area (Å²) in [6.45, 7) is 7.85. The molecule has 2 aliphatic rings. The van der Waals surface area contributed by atoms with E-state index >= 15 is 0 Å². The molecule has 0 aliphatic carbocycles. The number of carbonyl (C=O) groups is 1. The summed E-state index contributed by atoms with van der Waals surface area (Å²) in [5.41, 5.74) is 2.96. The van der Waals surface area contributed by atoms with Crippen LogP contribution < -0.4 is 10.9 Å². The first-order valence-corrected chi connectivity index (χ1v) is 14.8. The quantitative estimate of drug-likeness (QED) is 0.199. The molecular weight excluding hydrogens is 525 g/mol. The third kappa shape index (κ3) is 6.97. The first kappa shape index (κ1) is 30.7. The summed E-state index contributed by atoms with van der Waals surface area (Å²) in [6.07, 6.45) is 7.83. The van der Waals surface area contributed by atoms with Crippen molar-refractivity contribution in [2.24, 2.45) is 0 Å². The van der Waals surface area contributed by atoms with E-state index in [1.807, 2.05) is 11.5 Å². The summed E-state index contributed by atoms with van der Waals surface area (Å²) in [5, 5.41) is 8.01. The van der Waals surface area contributed by atoms with E-state index in [4.69, 9.17) is 14.2 Å². The van der Waals surface area contributed by atoms with Crippen LogP contribution in [0.4, 0.5) is 9.18 Å². The Morgan fingerprint density at radius 3 is 2.83 bits per heavy atom. The Morgan fingerprint density at radius 2 is 2.05 bits per heavy atom. The van der Waals surface area contributed by atoms with Crippen LogP contribution in [0.2, 0.25) is 0 Å². The van der Waals surface area contributed by atoms with Crippen LogP contribution in [0, 0.1) is 20.2 Å². The van der Waals surface area contributed by atoms with Crippen molar-refractivity contribution in [3.63, 3.8) is 0 Å². The van der Waals surface area contributed by atoms with Gasteiger partial charge in [0.05, 0.1) is 25.3 Å². The first-order valence-electron chi connectivity index (χ1n) is 14.8. The van der Waals surface area contributed by atoms with Crippen LogP contribution in [0.15, 0.2) is 27.5 Å². The maximum atomic E-state index is 13.7. The number of likely N-dealkylation sites (tertiary alicyclic amines) is 1. The van der Waals surface area contributed by atoms with Crippen molar-refractivity contribution in [3.05, 3.63) is 64.6 Å². The fraction of sp³-hybridized carbons (Fsp3) is 0.581. The second-order valence-corrected chi connectivity index (χ2v) is 11.4. The van der Waals surface area contributed by atoms with E-state index in [2.05, 4.69) is 17.4 Å². The summed E-state index contributed by atoms with van der Waals surface area (Å²) in [7, 11) is 0. The smallest absolute Gasteiger partial charge is 0.399 e. The highest BCUT2D eigenvalue weighted by Gasteiger charge is 2.37. The highest BCUT2D eigenvalue weighted by Crippen LogP contribution is 2.35. The van der Waals surface area contributed by atoms with E-state index in [1.165, 1.54) is 12.1 Å². The lowest BCUT2D eigenvalue weighted by Crippen LogP contribution is -2.56. The molecule has 0 spiro atoms. The molecule has 0 saturated carbocycles. The molecule has 1 amide bonds. The SMILES string of the molecule is CCCCCNC(=O)OC[N+]1(CCc2c(C)nc3n(c2=O)CCCC3)CCC(c2noc3cc(F)ccc23)CC1.[CH3-]. The Bertz CT molecular complexity index is 1390. The minimum absolute atomic E-state index is 0. The molecule has 9 nitrogen and oxygen atoms in total. The molecule has 5 rings (SSSR count). The number of alkyl carbamates (subject to hydrolysis) is 1. The monoisotopic (exact) mass is 569 g/mol. The molecule has 0 bridgehead atoms. The number of quaternary nitrogens is 1. The van der Waals surface area contributed by atoms with Gasteiger partial charge in [0.25, 0.3) is 5.56 Å². The normalized spacial score (nSPS) is 20.3. The van der Waals surface area contributed by atoms with Crippen molar-refractivity contribution in [2.45, 2.75) is 84.1 Å². The Balaban J connectivity index is 0.00000387. The Hall–Kier alpha value is -3.27. The van der Waals surface area contributed by atoms with Crippen LogP contribution in [-0.4, -0.2) is 58.2 Å². The summed E-state index contributed by atoms with van der Waals surface area (Å²) >= 11 is 0. The van der Waals surface area contributed by atoms with E-state index < -0.39 is 6.09 Å². The summed E-state index contributed by atoms with van der Waals surface area (Å²) < 4.78 is 27.3. The molecule has 2 aliphatic heterocycles. The number of unbranched alkanes of at least 4 members (excludes halogenated alkanes) is 2. The predicted octanol–water partition coefficient (Wildman–Crippen LogP) is 5.43. The number of benzene rings is 1. The van der Waals surface area contributed by atoms with Crippen LogP contribution >= 0.6 is 0 Å². The maximum absolute atomic E-state index is 13.7. The van der Waals surface area contributed by atoms with Crippen molar-refractivity contribution in [1.82, 2.24) is 20.0 Å². The van der Waals surface area contributed by atoms with Crippen LogP contribution in [-0.2, 0) is 24.1 Å². The van der Waals surface area contributed by atoms with E-state index in [9.17, 15) is 14.0 Å². The van der Waals surface area contributed by atoms with Crippen LogP contribution in [0.3, 0.4) is 0 Å². The highest BCUT2D eigenvalue weighted by atomic mass is 19.1. The molecule has 2 aromatic heterocycles. The molecule has 0 unspecified atom stereocenters. The lowest BCUT2D eigenvalue weighted by molar-refractivity contribution is -0.947. The topological polar surface area (TPSA) is 99.2 Å². The van der Waals surface area contributed by atoms with Gasteiger partial charge in [-0.25, -0.2) is 14.2 Å². The van der Waals surface area contributed by atoms with Crippen molar-refractivity contribution in [1.29, 1.82) is 0 Å². The van der Waals surface area contributed by atoms with E-state index in [-0.39, 0.29) is 31.5 Å². The Kier molecular flexibility index (Phi) is 10.2. The fourth-order valence-corrected chi connectivity index (χ4v) is 6.21. The summed E-state index contributed by atoms with van der Waals surface area (Å²) in [6, 6.07) is 4.54. The zero-order valence-electron chi connectivity index (χ0n) is 24.7. The number of amides is 1. The van der Waals surface area contributed by atoms with Gasteiger partial charge in [0, 0.05) is 67.4 Å². The Labute approximate surface area is 241 Å². The number of aromatic nitrogens is 3. The van der Waals surface area contributed by atoms with Gasteiger partial charge >= 0.3 is 6.09 Å². The van der Waals surface area contributed by atoms with Crippen molar-refractivity contribution >= 4 is 17.1 Å². The third-order valence-corrected chi connectivity index (χ3v) is 8.69. The van der Waals surface area contributed by atoms with Crippen LogP contribution in [0.25, 0.3) is 11.0 Å². The minimum atomic E-state index is -0.396. The number of hydrogen-bond donors (Lipinski definition) is 1. The zero-order chi connectivity index (χ0) is 28.1. The molecule has 224 valence electrons. The van der Waals surface area contributed by atoms with Gasteiger partial charge < -0.3 is 22.0 Å². The molecule has 41 heavy (non-hydrogen) atoms. The van der Waals surface area contributed by atoms with Gasteiger partial charge in [-0.15, -0.1) is 0 Å². The third-order valence-electron chi connectivity index (χ3n) is 8.69. The maximum Gasteiger partial charge on any atom is 0.411 e. The van der Waals surface area contributed by atoms with Gasteiger partial charge in [0.2, 0.25) is 6.73 Å². The standard InChI is InChI=1S/C30H40FN5O4.CH3/c1-3-4-6-14-32-30(38)39-20-36(18-13-24-21(2)33-27-8-5-7-15-35(27)29(24)37)16-11-22(12-17-36)28-25-10-9-23(31)19-26(25)40-34-28;/h9-10,19,22H,3-8,11-18,20H2,1-2H3;1H3/q;-1/p+1. The average Bonchev–Trinajstić information content (AvgIpc) is 3.37. The number of nitrogens with zero attached hydrogens (tertiary/aromatic N) is 4. The number of nitrogens with one attached hydrogen (secondary N) is 1. The lowest BCUT2D eigenvalue weighted by atomic mass is 9.90.